The maximum absolute atomic E-state index is 11.3. The molecular formula is C13H21NO7. The zero-order chi connectivity index (χ0) is 16.2. The van der Waals surface area contributed by atoms with Crippen LogP contribution in [0, 0.1) is 0 Å². The average molecular weight is 303 g/mol. The van der Waals surface area contributed by atoms with Crippen molar-refractivity contribution >= 4 is 0 Å². The largest absolute Gasteiger partial charge is 0.503 e. The lowest BCUT2D eigenvalue weighted by Crippen LogP contribution is -2.47. The van der Waals surface area contributed by atoms with Crippen LogP contribution in [0.4, 0.5) is 0 Å². The number of aliphatic hydroxyl groups excluding tert-OH is 5. The van der Waals surface area contributed by atoms with Crippen LogP contribution in [0.2, 0.25) is 0 Å². The van der Waals surface area contributed by atoms with E-state index in [9.17, 15) is 30.3 Å². The summed E-state index contributed by atoms with van der Waals surface area (Å²) in [5, 5.41) is 56.7. The Labute approximate surface area is 121 Å². The maximum atomic E-state index is 11.3. The van der Waals surface area contributed by atoms with Gasteiger partial charge < -0.3 is 35.2 Å². The van der Waals surface area contributed by atoms with E-state index >= 15 is 0 Å². The predicted molar refractivity (Wildman–Crippen MR) is 72.9 cm³/mol. The van der Waals surface area contributed by atoms with E-state index in [4.69, 9.17) is 5.11 Å². The van der Waals surface area contributed by atoms with E-state index in [0.29, 0.717) is 6.42 Å². The van der Waals surface area contributed by atoms with Crippen molar-refractivity contribution in [2.75, 3.05) is 6.61 Å². The zero-order valence-electron chi connectivity index (χ0n) is 11.6. The van der Waals surface area contributed by atoms with Gasteiger partial charge in [-0.1, -0.05) is 6.92 Å². The van der Waals surface area contributed by atoms with Crippen molar-refractivity contribution in [2.45, 2.75) is 44.3 Å². The Morgan fingerprint density at radius 1 is 1.14 bits per heavy atom. The Morgan fingerprint density at radius 2 is 1.71 bits per heavy atom. The first kappa shape index (κ1) is 17.6. The van der Waals surface area contributed by atoms with E-state index in [-0.39, 0.29) is 12.2 Å². The highest BCUT2D eigenvalue weighted by Crippen LogP contribution is 2.14. The summed E-state index contributed by atoms with van der Waals surface area (Å²) in [6, 6.07) is 1.12. The Morgan fingerprint density at radius 3 is 2.24 bits per heavy atom. The summed E-state index contributed by atoms with van der Waals surface area (Å²) < 4.78 is 1.38. The Hall–Kier alpha value is -1.45. The molecule has 0 radical (unpaired) electrons. The minimum atomic E-state index is -1.72. The van der Waals surface area contributed by atoms with Crippen molar-refractivity contribution in [1.82, 2.24) is 4.57 Å². The van der Waals surface area contributed by atoms with E-state index in [1.165, 1.54) is 10.8 Å². The summed E-state index contributed by atoms with van der Waals surface area (Å²) in [6.07, 6.45) is -4.78. The Balaban J connectivity index is 2.91. The van der Waals surface area contributed by atoms with E-state index < -0.39 is 42.2 Å². The Bertz CT molecular complexity index is 516. The molecule has 1 aromatic heterocycles. The van der Waals surface area contributed by atoms with Crippen molar-refractivity contribution in [2.24, 2.45) is 0 Å². The van der Waals surface area contributed by atoms with Gasteiger partial charge >= 0.3 is 0 Å². The van der Waals surface area contributed by atoms with Gasteiger partial charge in [-0.05, 0) is 6.42 Å². The average Bonchev–Trinajstić information content (AvgIpc) is 2.48. The van der Waals surface area contributed by atoms with Crippen LogP contribution < -0.4 is 5.43 Å². The first-order valence-electron chi connectivity index (χ1n) is 6.57. The lowest BCUT2D eigenvalue weighted by atomic mass is 10.0. The molecule has 0 amide bonds. The number of hydrogen-bond acceptors (Lipinski definition) is 7. The summed E-state index contributed by atoms with van der Waals surface area (Å²) in [4.78, 5) is 11.3. The highest BCUT2D eigenvalue weighted by Gasteiger charge is 2.30. The van der Waals surface area contributed by atoms with E-state index in [1.807, 2.05) is 0 Å². The van der Waals surface area contributed by atoms with Gasteiger partial charge in [0.15, 0.2) is 5.75 Å². The fraction of sp³-hybridized carbons (Fsp3) is 0.615. The van der Waals surface area contributed by atoms with Crippen LogP contribution in [-0.4, -0.2) is 66.2 Å². The lowest BCUT2D eigenvalue weighted by molar-refractivity contribution is -0.117. The minimum absolute atomic E-state index is 0.201. The van der Waals surface area contributed by atoms with Gasteiger partial charge in [-0.15, -0.1) is 0 Å². The molecule has 0 saturated heterocycles. The number of pyridine rings is 1. The summed E-state index contributed by atoms with van der Waals surface area (Å²) in [7, 11) is 0. The number of aromatic nitrogens is 1. The number of aliphatic hydroxyl groups is 5. The first-order valence-corrected chi connectivity index (χ1v) is 6.57. The smallest absolute Gasteiger partial charge is 0.223 e. The molecule has 8 nitrogen and oxygen atoms in total. The zero-order valence-corrected chi connectivity index (χ0v) is 11.6. The topological polar surface area (TPSA) is 143 Å². The van der Waals surface area contributed by atoms with Crippen LogP contribution in [0.15, 0.2) is 17.1 Å². The molecule has 8 heteroatoms. The Kier molecular flexibility index (Phi) is 6.31. The van der Waals surface area contributed by atoms with E-state index in [1.54, 1.807) is 6.92 Å². The SMILES string of the molecule is CCc1c(O)c(=O)ccn1CC(O)C(O)C(O)C(O)CO. The van der Waals surface area contributed by atoms with Gasteiger partial charge in [-0.25, -0.2) is 0 Å². The van der Waals surface area contributed by atoms with Crippen LogP contribution in [0.1, 0.15) is 12.6 Å². The summed E-state index contributed by atoms with van der Waals surface area (Å²) >= 11 is 0. The highest BCUT2D eigenvalue weighted by atomic mass is 16.4. The molecule has 1 heterocycles. The molecule has 0 aliphatic carbocycles. The third-order valence-electron chi connectivity index (χ3n) is 3.30. The molecule has 1 aromatic rings. The van der Waals surface area contributed by atoms with Crippen molar-refractivity contribution in [3.8, 4) is 5.75 Å². The molecule has 0 aromatic carbocycles. The van der Waals surface area contributed by atoms with Crippen LogP contribution in [0.25, 0.3) is 0 Å². The van der Waals surface area contributed by atoms with Gasteiger partial charge in [-0.2, -0.15) is 0 Å². The number of hydrogen-bond donors (Lipinski definition) is 6. The lowest BCUT2D eigenvalue weighted by Gasteiger charge is -2.27. The standard InChI is InChI=1S/C13H21NO7/c1-2-7-11(19)8(16)3-4-14(7)5-9(17)12(20)13(21)10(18)6-15/h3-4,9-10,12-13,15,17-21H,2,5-6H2,1H3. The third kappa shape index (κ3) is 4.02. The quantitative estimate of drug-likeness (QED) is 0.328. The first-order chi connectivity index (χ1) is 9.83. The van der Waals surface area contributed by atoms with Crippen molar-refractivity contribution in [1.29, 1.82) is 0 Å². The molecule has 0 bridgehead atoms. The van der Waals surface area contributed by atoms with Crippen molar-refractivity contribution < 1.29 is 30.6 Å². The molecule has 0 saturated carbocycles. The molecule has 0 aliphatic rings. The predicted octanol–water partition coefficient (Wildman–Crippen LogP) is -2.45. The molecular weight excluding hydrogens is 282 g/mol. The summed E-state index contributed by atoms with van der Waals surface area (Å²) in [5.74, 6) is -0.433. The molecule has 0 spiro atoms. The van der Waals surface area contributed by atoms with Crippen molar-refractivity contribution in [3.05, 3.63) is 28.2 Å². The minimum Gasteiger partial charge on any atom is -0.503 e. The molecule has 4 unspecified atom stereocenters. The van der Waals surface area contributed by atoms with Crippen LogP contribution in [-0.2, 0) is 13.0 Å². The van der Waals surface area contributed by atoms with Gasteiger partial charge in [-0.3, -0.25) is 4.79 Å². The van der Waals surface area contributed by atoms with Crippen LogP contribution in [0.5, 0.6) is 5.75 Å². The number of rotatable bonds is 7. The van der Waals surface area contributed by atoms with E-state index in [2.05, 4.69) is 0 Å². The second-order valence-electron chi connectivity index (χ2n) is 4.78. The molecule has 6 N–H and O–H groups in total. The maximum Gasteiger partial charge on any atom is 0.223 e. The third-order valence-corrected chi connectivity index (χ3v) is 3.30. The molecule has 1 rings (SSSR count). The van der Waals surface area contributed by atoms with Crippen LogP contribution in [0.3, 0.4) is 0 Å². The van der Waals surface area contributed by atoms with Gasteiger partial charge in [0.2, 0.25) is 5.43 Å². The molecule has 0 fully saturated rings. The summed E-state index contributed by atoms with van der Waals surface area (Å²) in [5.41, 5.74) is -0.264. The van der Waals surface area contributed by atoms with E-state index in [0.717, 1.165) is 6.07 Å². The molecule has 0 aliphatic heterocycles. The molecule has 21 heavy (non-hydrogen) atoms. The fourth-order valence-electron chi connectivity index (χ4n) is 2.02. The fourth-order valence-corrected chi connectivity index (χ4v) is 2.02. The van der Waals surface area contributed by atoms with Crippen molar-refractivity contribution in [3.63, 3.8) is 0 Å². The second-order valence-corrected chi connectivity index (χ2v) is 4.78. The second kappa shape index (κ2) is 7.53. The van der Waals surface area contributed by atoms with Gasteiger partial charge in [0.05, 0.1) is 18.8 Å². The summed E-state index contributed by atoms with van der Waals surface area (Å²) in [6.45, 7) is 0.746. The molecule has 120 valence electrons. The number of aromatic hydroxyl groups is 1. The number of nitrogens with zero attached hydrogens (tertiary/aromatic N) is 1. The van der Waals surface area contributed by atoms with Gasteiger partial charge in [0.1, 0.15) is 24.4 Å². The van der Waals surface area contributed by atoms with Crippen LogP contribution >= 0.6 is 0 Å². The normalized spacial score (nSPS) is 17.2. The van der Waals surface area contributed by atoms with Gasteiger partial charge in [0.25, 0.3) is 0 Å². The highest BCUT2D eigenvalue weighted by molar-refractivity contribution is 5.26. The monoisotopic (exact) mass is 303 g/mol. The van der Waals surface area contributed by atoms with Gasteiger partial charge in [0, 0.05) is 12.3 Å². The molecule has 4 atom stereocenters.